The van der Waals surface area contributed by atoms with E-state index in [0.717, 1.165) is 38.0 Å². The maximum atomic E-state index is 12.7. The van der Waals surface area contributed by atoms with Gasteiger partial charge >= 0.3 is 0 Å². The van der Waals surface area contributed by atoms with Gasteiger partial charge in [0.25, 0.3) is 5.91 Å². The maximum Gasteiger partial charge on any atom is 0.253 e. The molecule has 2 aliphatic heterocycles. The number of piperidine rings is 1. The van der Waals surface area contributed by atoms with Crippen molar-refractivity contribution in [3.63, 3.8) is 0 Å². The molecule has 1 atom stereocenters. The third-order valence-electron chi connectivity index (χ3n) is 6.18. The minimum absolute atomic E-state index is 0.0241. The van der Waals surface area contributed by atoms with Gasteiger partial charge < -0.3 is 19.5 Å². The lowest BCUT2D eigenvalue weighted by Gasteiger charge is -2.42. The van der Waals surface area contributed by atoms with Gasteiger partial charge in [-0.1, -0.05) is 12.1 Å². The average molecular weight is 396 g/mol. The molecule has 2 aromatic rings. The first-order valence-corrected chi connectivity index (χ1v) is 10.4. The highest BCUT2D eigenvalue weighted by Crippen LogP contribution is 2.42. The number of rotatable bonds is 6. The summed E-state index contributed by atoms with van der Waals surface area (Å²) in [5, 5.41) is 9.63. The van der Waals surface area contributed by atoms with E-state index in [-0.39, 0.29) is 17.3 Å². The van der Waals surface area contributed by atoms with Crippen LogP contribution in [0, 0.1) is 5.92 Å². The summed E-state index contributed by atoms with van der Waals surface area (Å²) in [6, 6.07) is 12.4. The maximum absolute atomic E-state index is 12.7. The largest absolute Gasteiger partial charge is 0.508 e. The quantitative estimate of drug-likeness (QED) is 0.758. The van der Waals surface area contributed by atoms with Gasteiger partial charge in [-0.15, -0.1) is 0 Å². The fourth-order valence-corrected chi connectivity index (χ4v) is 4.54. The van der Waals surface area contributed by atoms with E-state index in [1.165, 1.54) is 6.07 Å². The number of amides is 1. The van der Waals surface area contributed by atoms with Crippen molar-refractivity contribution < 1.29 is 19.4 Å². The molecule has 3 heterocycles. The number of phenolic OH excluding ortho intramolecular Hbond substituents is 1. The lowest BCUT2D eigenvalue weighted by molar-refractivity contribution is -0.0675. The van der Waals surface area contributed by atoms with Crippen molar-refractivity contribution in [3.8, 4) is 5.75 Å². The Labute approximate surface area is 171 Å². The molecule has 154 valence electrons. The number of nitrogens with zero attached hydrogens (tertiary/aromatic N) is 2. The van der Waals surface area contributed by atoms with Crippen LogP contribution in [0.2, 0.25) is 0 Å². The van der Waals surface area contributed by atoms with Crippen LogP contribution in [0.5, 0.6) is 5.75 Å². The van der Waals surface area contributed by atoms with Crippen LogP contribution in [0.15, 0.2) is 48.7 Å². The van der Waals surface area contributed by atoms with E-state index in [2.05, 4.69) is 4.98 Å². The molecule has 2 aliphatic rings. The Hall–Kier alpha value is -2.44. The highest BCUT2D eigenvalue weighted by atomic mass is 16.5. The molecule has 1 amide bonds. The zero-order chi connectivity index (χ0) is 20.1. The number of aromatic hydroxyl groups is 1. The van der Waals surface area contributed by atoms with Crippen molar-refractivity contribution in [2.75, 3.05) is 26.3 Å². The Bertz CT molecular complexity index is 819. The molecule has 0 radical (unpaired) electrons. The Morgan fingerprint density at radius 1 is 1.24 bits per heavy atom. The second-order valence-electron chi connectivity index (χ2n) is 7.90. The molecule has 1 aromatic carbocycles. The minimum atomic E-state index is -0.135. The lowest BCUT2D eigenvalue weighted by Crippen LogP contribution is -2.49. The third-order valence-corrected chi connectivity index (χ3v) is 6.18. The van der Waals surface area contributed by atoms with Crippen molar-refractivity contribution in [3.05, 3.63) is 59.9 Å². The number of pyridine rings is 1. The van der Waals surface area contributed by atoms with E-state index in [0.29, 0.717) is 37.8 Å². The van der Waals surface area contributed by atoms with E-state index >= 15 is 0 Å². The average Bonchev–Trinajstić information content (AvgIpc) is 3.14. The first kappa shape index (κ1) is 19.9. The van der Waals surface area contributed by atoms with Crippen LogP contribution in [0.3, 0.4) is 0 Å². The first-order valence-electron chi connectivity index (χ1n) is 10.4. The van der Waals surface area contributed by atoms with Crippen LogP contribution in [-0.4, -0.2) is 52.8 Å². The number of hydrogen-bond acceptors (Lipinski definition) is 5. The number of carbonyl (C=O) groups is 1. The van der Waals surface area contributed by atoms with E-state index in [1.807, 2.05) is 23.1 Å². The zero-order valence-corrected chi connectivity index (χ0v) is 16.6. The molecule has 0 aliphatic carbocycles. The second kappa shape index (κ2) is 8.93. The third kappa shape index (κ3) is 4.60. The molecule has 29 heavy (non-hydrogen) atoms. The highest BCUT2D eigenvalue weighted by molar-refractivity contribution is 5.94. The Morgan fingerprint density at radius 2 is 2.10 bits per heavy atom. The molecule has 6 nitrogen and oxygen atoms in total. The standard InChI is InChI=1S/C23H28N2O4/c26-21-6-3-4-18(16-21)22(27)25-12-9-23(10-13-25)19(8-15-29-23)7-14-28-17-20-5-1-2-11-24-20/h1-6,11,16,19,26H,7-10,12-15,17H2. The van der Waals surface area contributed by atoms with Gasteiger partial charge in [0.15, 0.2) is 0 Å². The molecule has 4 rings (SSSR count). The molecular formula is C23H28N2O4. The topological polar surface area (TPSA) is 71.9 Å². The normalized spacial score (nSPS) is 20.8. The van der Waals surface area contributed by atoms with Gasteiger partial charge in [0, 0.05) is 38.1 Å². The number of carbonyl (C=O) groups excluding carboxylic acids is 1. The number of benzene rings is 1. The summed E-state index contributed by atoms with van der Waals surface area (Å²) in [7, 11) is 0. The summed E-state index contributed by atoms with van der Waals surface area (Å²) in [6.45, 7) is 3.37. The van der Waals surface area contributed by atoms with Crippen LogP contribution in [0.25, 0.3) is 0 Å². The Kier molecular flexibility index (Phi) is 6.11. The van der Waals surface area contributed by atoms with Crippen LogP contribution in [-0.2, 0) is 16.1 Å². The summed E-state index contributed by atoms with van der Waals surface area (Å²) in [6.07, 6.45) is 5.50. The summed E-state index contributed by atoms with van der Waals surface area (Å²) >= 11 is 0. The molecule has 1 unspecified atom stereocenters. The molecule has 1 aromatic heterocycles. The van der Waals surface area contributed by atoms with Gasteiger partial charge in [0.1, 0.15) is 5.75 Å². The van der Waals surface area contributed by atoms with Crippen LogP contribution in [0.4, 0.5) is 0 Å². The monoisotopic (exact) mass is 396 g/mol. The summed E-state index contributed by atoms with van der Waals surface area (Å²) in [4.78, 5) is 18.9. The number of likely N-dealkylation sites (tertiary alicyclic amines) is 1. The Balaban J connectivity index is 1.28. The molecule has 6 heteroatoms. The molecule has 2 fully saturated rings. The molecular weight excluding hydrogens is 368 g/mol. The van der Waals surface area contributed by atoms with Gasteiger partial charge in [-0.3, -0.25) is 9.78 Å². The van der Waals surface area contributed by atoms with Crippen LogP contribution >= 0.6 is 0 Å². The minimum Gasteiger partial charge on any atom is -0.508 e. The van der Waals surface area contributed by atoms with Crippen molar-refractivity contribution in [2.45, 2.75) is 37.9 Å². The SMILES string of the molecule is O=C(c1cccc(O)c1)N1CCC2(CC1)OCCC2CCOCc1ccccn1. The van der Waals surface area contributed by atoms with Crippen molar-refractivity contribution in [1.29, 1.82) is 0 Å². The van der Waals surface area contributed by atoms with Crippen molar-refractivity contribution in [1.82, 2.24) is 9.88 Å². The van der Waals surface area contributed by atoms with Crippen LogP contribution in [0.1, 0.15) is 41.7 Å². The summed E-state index contributed by atoms with van der Waals surface area (Å²) < 4.78 is 12.1. The fraction of sp³-hybridized carbons (Fsp3) is 0.478. The number of aromatic nitrogens is 1. The van der Waals surface area contributed by atoms with Gasteiger partial charge in [-0.25, -0.2) is 0 Å². The van der Waals surface area contributed by atoms with E-state index < -0.39 is 0 Å². The molecule has 2 saturated heterocycles. The van der Waals surface area contributed by atoms with E-state index in [4.69, 9.17) is 9.47 Å². The highest BCUT2D eigenvalue weighted by Gasteiger charge is 2.46. The molecule has 1 N–H and O–H groups in total. The fourth-order valence-electron chi connectivity index (χ4n) is 4.54. The predicted molar refractivity (Wildman–Crippen MR) is 109 cm³/mol. The first-order chi connectivity index (χ1) is 14.2. The summed E-state index contributed by atoms with van der Waals surface area (Å²) in [5.74, 6) is 0.558. The second-order valence-corrected chi connectivity index (χ2v) is 7.90. The lowest BCUT2D eigenvalue weighted by atomic mass is 9.78. The van der Waals surface area contributed by atoms with Crippen LogP contribution < -0.4 is 0 Å². The number of phenols is 1. The van der Waals surface area contributed by atoms with E-state index in [1.54, 1.807) is 24.4 Å². The molecule has 1 spiro atoms. The van der Waals surface area contributed by atoms with E-state index in [9.17, 15) is 9.90 Å². The number of hydrogen-bond donors (Lipinski definition) is 1. The predicted octanol–water partition coefficient (Wildman–Crippen LogP) is 3.41. The molecule has 0 bridgehead atoms. The van der Waals surface area contributed by atoms with Gasteiger partial charge in [0.2, 0.25) is 0 Å². The Morgan fingerprint density at radius 3 is 2.86 bits per heavy atom. The summed E-state index contributed by atoms with van der Waals surface area (Å²) in [5.41, 5.74) is 1.35. The zero-order valence-electron chi connectivity index (χ0n) is 16.6. The van der Waals surface area contributed by atoms with Gasteiger partial charge in [-0.05, 0) is 61.9 Å². The van der Waals surface area contributed by atoms with Crippen molar-refractivity contribution >= 4 is 5.91 Å². The van der Waals surface area contributed by atoms with Gasteiger partial charge in [0.05, 0.1) is 17.9 Å². The smallest absolute Gasteiger partial charge is 0.253 e. The van der Waals surface area contributed by atoms with Gasteiger partial charge in [-0.2, -0.15) is 0 Å². The van der Waals surface area contributed by atoms with Crippen molar-refractivity contribution in [2.24, 2.45) is 5.92 Å². The molecule has 0 saturated carbocycles. The number of ether oxygens (including phenoxy) is 2.